The second-order valence-electron chi connectivity index (χ2n) is 6.17. The quantitative estimate of drug-likeness (QED) is 0.760. The van der Waals surface area contributed by atoms with Crippen LogP contribution in [0, 0.1) is 19.8 Å². The second kappa shape index (κ2) is 7.97. The van der Waals surface area contributed by atoms with Gasteiger partial charge in [-0.1, -0.05) is 25.1 Å². The molecule has 6 heteroatoms. The summed E-state index contributed by atoms with van der Waals surface area (Å²) < 4.78 is 1.89. The smallest absolute Gasteiger partial charge is 0.315 e. The molecule has 3 N–H and O–H groups in total. The SMILES string of the molecule is Cc1nn(-c2ccccc2)c(C)c1CNC(=O)NC(C)C(C)CO. The summed E-state index contributed by atoms with van der Waals surface area (Å²) in [6, 6.07) is 9.58. The van der Waals surface area contributed by atoms with Crippen molar-refractivity contribution in [3.63, 3.8) is 0 Å². The summed E-state index contributed by atoms with van der Waals surface area (Å²) in [7, 11) is 0. The Morgan fingerprint density at radius 2 is 1.92 bits per heavy atom. The molecule has 0 bridgehead atoms. The number of nitrogens with zero attached hydrogens (tertiary/aromatic N) is 2. The molecule has 0 saturated carbocycles. The molecule has 0 aliphatic rings. The Hall–Kier alpha value is -2.34. The van der Waals surface area contributed by atoms with Crippen molar-refractivity contribution in [2.75, 3.05) is 6.61 Å². The van der Waals surface area contributed by atoms with Gasteiger partial charge in [0.2, 0.25) is 0 Å². The third-order valence-corrected chi connectivity index (χ3v) is 4.37. The maximum absolute atomic E-state index is 12.0. The van der Waals surface area contributed by atoms with Gasteiger partial charge in [-0.05, 0) is 38.8 Å². The van der Waals surface area contributed by atoms with Crippen LogP contribution in [0.1, 0.15) is 30.8 Å². The van der Waals surface area contributed by atoms with E-state index in [4.69, 9.17) is 5.11 Å². The number of aromatic nitrogens is 2. The van der Waals surface area contributed by atoms with E-state index in [0.29, 0.717) is 6.54 Å². The molecule has 2 rings (SSSR count). The third kappa shape index (κ3) is 4.14. The predicted octanol–water partition coefficient (Wildman–Crippen LogP) is 2.31. The van der Waals surface area contributed by atoms with Crippen molar-refractivity contribution in [2.45, 2.75) is 40.3 Å². The molecular formula is C18H26N4O2. The number of aliphatic hydroxyl groups is 1. The average molecular weight is 330 g/mol. The summed E-state index contributed by atoms with van der Waals surface area (Å²) >= 11 is 0. The minimum absolute atomic E-state index is 0.0139. The number of aliphatic hydroxyl groups excluding tert-OH is 1. The van der Waals surface area contributed by atoms with Crippen molar-refractivity contribution in [1.82, 2.24) is 20.4 Å². The van der Waals surface area contributed by atoms with E-state index in [0.717, 1.165) is 22.6 Å². The van der Waals surface area contributed by atoms with Gasteiger partial charge in [0.05, 0.1) is 11.4 Å². The van der Waals surface area contributed by atoms with E-state index in [1.165, 1.54) is 0 Å². The summed E-state index contributed by atoms with van der Waals surface area (Å²) in [6.07, 6.45) is 0. The lowest BCUT2D eigenvalue weighted by atomic mass is 10.1. The molecule has 0 aliphatic carbocycles. The Labute approximate surface area is 142 Å². The number of urea groups is 1. The van der Waals surface area contributed by atoms with Crippen molar-refractivity contribution in [3.05, 3.63) is 47.3 Å². The summed E-state index contributed by atoms with van der Waals surface area (Å²) in [6.45, 7) is 8.17. The Balaban J connectivity index is 2.03. The van der Waals surface area contributed by atoms with Crippen LogP contribution in [0.25, 0.3) is 5.69 Å². The molecule has 1 aromatic carbocycles. The number of rotatable bonds is 6. The number of para-hydroxylation sites is 1. The molecule has 1 aromatic heterocycles. The first kappa shape index (κ1) is 18.0. The van der Waals surface area contributed by atoms with Crippen LogP contribution in [0.3, 0.4) is 0 Å². The fourth-order valence-corrected chi connectivity index (χ4v) is 2.48. The van der Waals surface area contributed by atoms with Crippen LogP contribution in [0.4, 0.5) is 4.79 Å². The van der Waals surface area contributed by atoms with E-state index in [9.17, 15) is 4.79 Å². The molecule has 0 fully saturated rings. The molecule has 6 nitrogen and oxygen atoms in total. The lowest BCUT2D eigenvalue weighted by Gasteiger charge is -2.19. The zero-order valence-corrected chi connectivity index (χ0v) is 14.7. The average Bonchev–Trinajstić information content (AvgIpc) is 2.87. The largest absolute Gasteiger partial charge is 0.396 e. The summed E-state index contributed by atoms with van der Waals surface area (Å²) in [4.78, 5) is 12.0. The lowest BCUT2D eigenvalue weighted by Crippen LogP contribution is -2.44. The molecule has 0 aliphatic heterocycles. The monoisotopic (exact) mass is 330 g/mol. The first-order valence-electron chi connectivity index (χ1n) is 8.19. The maximum Gasteiger partial charge on any atom is 0.315 e. The van der Waals surface area contributed by atoms with Crippen molar-refractivity contribution in [2.24, 2.45) is 5.92 Å². The van der Waals surface area contributed by atoms with E-state index in [-0.39, 0.29) is 24.6 Å². The van der Waals surface area contributed by atoms with Gasteiger partial charge in [-0.3, -0.25) is 0 Å². The first-order chi connectivity index (χ1) is 11.4. The summed E-state index contributed by atoms with van der Waals surface area (Å²) in [5, 5.41) is 19.4. The molecule has 2 aromatic rings. The highest BCUT2D eigenvalue weighted by molar-refractivity contribution is 5.74. The van der Waals surface area contributed by atoms with Crippen LogP contribution < -0.4 is 10.6 Å². The van der Waals surface area contributed by atoms with Gasteiger partial charge in [0.15, 0.2) is 0 Å². The standard InChI is InChI=1S/C18H26N4O2/c1-12(11-23)13(2)20-18(24)19-10-17-14(3)21-22(15(17)4)16-8-6-5-7-9-16/h5-9,12-13,23H,10-11H2,1-4H3,(H2,19,20,24). The van der Waals surface area contributed by atoms with Crippen molar-refractivity contribution >= 4 is 6.03 Å². The Morgan fingerprint density at radius 1 is 1.25 bits per heavy atom. The van der Waals surface area contributed by atoms with E-state index >= 15 is 0 Å². The Kier molecular flexibility index (Phi) is 5.98. The van der Waals surface area contributed by atoms with Gasteiger partial charge in [0.25, 0.3) is 0 Å². The number of amides is 2. The number of nitrogens with one attached hydrogen (secondary N) is 2. The first-order valence-corrected chi connectivity index (χ1v) is 8.19. The van der Waals surface area contributed by atoms with Gasteiger partial charge < -0.3 is 15.7 Å². The van der Waals surface area contributed by atoms with Crippen LogP contribution in [-0.4, -0.2) is 33.6 Å². The molecule has 2 atom stereocenters. The zero-order valence-electron chi connectivity index (χ0n) is 14.7. The summed E-state index contributed by atoms with van der Waals surface area (Å²) in [5.41, 5.74) is 3.92. The van der Waals surface area contributed by atoms with E-state index in [1.54, 1.807) is 0 Å². The molecule has 2 unspecified atom stereocenters. The molecule has 0 saturated heterocycles. The topological polar surface area (TPSA) is 79.2 Å². The molecular weight excluding hydrogens is 304 g/mol. The minimum Gasteiger partial charge on any atom is -0.396 e. The number of aryl methyl sites for hydroxylation is 1. The fraction of sp³-hybridized carbons (Fsp3) is 0.444. The highest BCUT2D eigenvalue weighted by atomic mass is 16.3. The van der Waals surface area contributed by atoms with Crippen LogP contribution in [0.15, 0.2) is 30.3 Å². The van der Waals surface area contributed by atoms with Crippen molar-refractivity contribution in [1.29, 1.82) is 0 Å². The van der Waals surface area contributed by atoms with Gasteiger partial charge in [0.1, 0.15) is 0 Å². The van der Waals surface area contributed by atoms with Crippen molar-refractivity contribution in [3.8, 4) is 5.69 Å². The van der Waals surface area contributed by atoms with Crippen LogP contribution in [-0.2, 0) is 6.54 Å². The minimum atomic E-state index is -0.242. The van der Waals surface area contributed by atoms with E-state index in [2.05, 4.69) is 15.7 Å². The van der Waals surface area contributed by atoms with Crippen LogP contribution in [0.5, 0.6) is 0 Å². The Bertz CT molecular complexity index is 682. The molecule has 1 heterocycles. The van der Waals surface area contributed by atoms with Gasteiger partial charge in [-0.15, -0.1) is 0 Å². The molecule has 130 valence electrons. The Morgan fingerprint density at radius 3 is 2.54 bits per heavy atom. The number of carbonyl (C=O) groups is 1. The normalized spacial score (nSPS) is 13.4. The molecule has 24 heavy (non-hydrogen) atoms. The zero-order chi connectivity index (χ0) is 17.7. The summed E-state index contributed by atoms with van der Waals surface area (Å²) in [5.74, 6) is 0.0139. The third-order valence-electron chi connectivity index (χ3n) is 4.37. The lowest BCUT2D eigenvalue weighted by molar-refractivity contribution is 0.200. The molecule has 0 spiro atoms. The fourth-order valence-electron chi connectivity index (χ4n) is 2.48. The van der Waals surface area contributed by atoms with E-state index in [1.807, 2.05) is 62.7 Å². The van der Waals surface area contributed by atoms with Crippen LogP contribution in [0.2, 0.25) is 0 Å². The van der Waals surface area contributed by atoms with Crippen molar-refractivity contribution < 1.29 is 9.90 Å². The second-order valence-corrected chi connectivity index (χ2v) is 6.17. The van der Waals surface area contributed by atoms with Gasteiger partial charge in [-0.2, -0.15) is 5.10 Å². The van der Waals surface area contributed by atoms with Crippen LogP contribution >= 0.6 is 0 Å². The highest BCUT2D eigenvalue weighted by Gasteiger charge is 2.16. The number of carbonyl (C=O) groups excluding carboxylic acids is 1. The predicted molar refractivity (Wildman–Crippen MR) is 94.1 cm³/mol. The number of hydrogen-bond acceptors (Lipinski definition) is 3. The van der Waals surface area contributed by atoms with E-state index < -0.39 is 0 Å². The van der Waals surface area contributed by atoms with Gasteiger partial charge in [0, 0.05) is 30.5 Å². The number of benzene rings is 1. The van der Waals surface area contributed by atoms with Gasteiger partial charge in [-0.25, -0.2) is 9.48 Å². The van der Waals surface area contributed by atoms with Gasteiger partial charge >= 0.3 is 6.03 Å². The maximum atomic E-state index is 12.0. The molecule has 2 amide bonds. The number of hydrogen-bond donors (Lipinski definition) is 3. The molecule has 0 radical (unpaired) electrons. The highest BCUT2D eigenvalue weighted by Crippen LogP contribution is 2.17.